The molecular formula is C16H20N4O. The van der Waals surface area contributed by atoms with Crippen LogP contribution in [0.2, 0.25) is 0 Å². The van der Waals surface area contributed by atoms with Gasteiger partial charge in [0, 0.05) is 19.3 Å². The summed E-state index contributed by atoms with van der Waals surface area (Å²) in [6.07, 6.45) is 1.78. The molecular weight excluding hydrogens is 264 g/mol. The molecule has 0 aliphatic carbocycles. The van der Waals surface area contributed by atoms with Crippen LogP contribution in [0.1, 0.15) is 24.3 Å². The summed E-state index contributed by atoms with van der Waals surface area (Å²) in [6.45, 7) is 5.98. The number of hydrogen-bond donors (Lipinski definition) is 1. The van der Waals surface area contributed by atoms with Crippen LogP contribution in [-0.2, 0) is 0 Å². The highest BCUT2D eigenvalue weighted by molar-refractivity contribution is 5.92. The number of nitrogens with zero attached hydrogens (tertiary/aromatic N) is 3. The Morgan fingerprint density at radius 3 is 2.52 bits per heavy atom. The van der Waals surface area contributed by atoms with Crippen LogP contribution in [0.3, 0.4) is 0 Å². The number of aromatic nitrogens is 2. The van der Waals surface area contributed by atoms with Gasteiger partial charge in [-0.15, -0.1) is 0 Å². The number of hydrogen-bond acceptors (Lipinski definition) is 3. The summed E-state index contributed by atoms with van der Waals surface area (Å²) >= 11 is 0. The number of likely N-dealkylation sites (tertiary alicyclic amines) is 1. The van der Waals surface area contributed by atoms with E-state index in [1.165, 1.54) is 0 Å². The molecule has 1 aliphatic rings. The second kappa shape index (κ2) is 5.24. The van der Waals surface area contributed by atoms with Gasteiger partial charge in [0.1, 0.15) is 0 Å². The van der Waals surface area contributed by atoms with Gasteiger partial charge in [-0.3, -0.25) is 4.79 Å². The zero-order chi connectivity index (χ0) is 15.0. The maximum atomic E-state index is 12.5. The smallest absolute Gasteiger partial charge is 0.274 e. The molecule has 5 nitrogen and oxygen atoms in total. The molecule has 3 rings (SSSR count). The van der Waals surface area contributed by atoms with Gasteiger partial charge in [0.2, 0.25) is 0 Å². The maximum absolute atomic E-state index is 12.5. The van der Waals surface area contributed by atoms with Gasteiger partial charge in [0.15, 0.2) is 5.69 Å². The Kier molecular flexibility index (Phi) is 3.41. The predicted molar refractivity (Wildman–Crippen MR) is 82.2 cm³/mol. The van der Waals surface area contributed by atoms with Gasteiger partial charge >= 0.3 is 0 Å². The lowest BCUT2D eigenvalue weighted by molar-refractivity contribution is 0.0778. The van der Waals surface area contributed by atoms with Crippen LogP contribution < -0.4 is 5.73 Å². The third kappa shape index (κ3) is 2.51. The first-order valence-corrected chi connectivity index (χ1v) is 7.26. The maximum Gasteiger partial charge on any atom is 0.274 e. The van der Waals surface area contributed by atoms with Crippen LogP contribution in [0.4, 0.5) is 5.69 Å². The summed E-state index contributed by atoms with van der Waals surface area (Å²) in [6, 6.07) is 9.24. The van der Waals surface area contributed by atoms with Crippen LogP contribution in [0.15, 0.2) is 36.5 Å². The molecule has 21 heavy (non-hydrogen) atoms. The number of nitrogens with two attached hydrogens (primary N) is 1. The zero-order valence-corrected chi connectivity index (χ0v) is 12.4. The minimum atomic E-state index is -0.000507. The van der Waals surface area contributed by atoms with Crippen LogP contribution in [0.5, 0.6) is 0 Å². The standard InChI is InChI=1S/C16H20N4O/c1-11-9-19(10-12(11)2)16(21)14-7-8-20(18-14)15-6-4-3-5-13(15)17/h3-8,11-12H,9-10,17H2,1-2H3. The molecule has 0 spiro atoms. The van der Waals surface area contributed by atoms with Crippen molar-refractivity contribution in [3.05, 3.63) is 42.2 Å². The Balaban J connectivity index is 1.82. The Labute approximate surface area is 124 Å². The number of benzene rings is 1. The number of amides is 1. The van der Waals surface area contributed by atoms with Crippen molar-refractivity contribution in [1.82, 2.24) is 14.7 Å². The summed E-state index contributed by atoms with van der Waals surface area (Å²) < 4.78 is 1.66. The van der Waals surface area contributed by atoms with E-state index in [1.54, 1.807) is 16.9 Å². The number of nitrogen functional groups attached to an aromatic ring is 1. The fourth-order valence-corrected chi connectivity index (χ4v) is 2.73. The van der Waals surface area contributed by atoms with Crippen molar-refractivity contribution in [2.24, 2.45) is 11.8 Å². The van der Waals surface area contributed by atoms with Crippen LogP contribution >= 0.6 is 0 Å². The summed E-state index contributed by atoms with van der Waals surface area (Å²) in [5.74, 6) is 1.08. The van der Waals surface area contributed by atoms with Gasteiger partial charge in [0.25, 0.3) is 5.91 Å². The van der Waals surface area contributed by atoms with E-state index < -0.39 is 0 Å². The fourth-order valence-electron chi connectivity index (χ4n) is 2.73. The molecule has 0 radical (unpaired) electrons. The molecule has 110 valence electrons. The lowest BCUT2D eigenvalue weighted by Crippen LogP contribution is -2.29. The molecule has 2 aromatic rings. The van der Waals surface area contributed by atoms with Gasteiger partial charge in [-0.05, 0) is 30.0 Å². The SMILES string of the molecule is CC1CN(C(=O)c2ccn(-c3ccccc3N)n2)CC1C. The molecule has 1 amide bonds. The molecule has 2 atom stereocenters. The largest absolute Gasteiger partial charge is 0.397 e. The molecule has 0 saturated carbocycles. The van der Waals surface area contributed by atoms with Crippen molar-refractivity contribution in [3.8, 4) is 5.69 Å². The first kappa shape index (κ1) is 13.7. The lowest BCUT2D eigenvalue weighted by atomic mass is 10.0. The van der Waals surface area contributed by atoms with Crippen molar-refractivity contribution in [1.29, 1.82) is 0 Å². The highest BCUT2D eigenvalue weighted by atomic mass is 16.2. The van der Waals surface area contributed by atoms with Crippen LogP contribution in [-0.4, -0.2) is 33.7 Å². The van der Waals surface area contributed by atoms with Gasteiger partial charge in [0.05, 0.1) is 11.4 Å². The van der Waals surface area contributed by atoms with Gasteiger partial charge < -0.3 is 10.6 Å². The van der Waals surface area contributed by atoms with E-state index >= 15 is 0 Å². The van der Waals surface area contributed by atoms with E-state index in [0.717, 1.165) is 18.8 Å². The number of carbonyl (C=O) groups excluding carboxylic acids is 1. The van der Waals surface area contributed by atoms with E-state index in [1.807, 2.05) is 29.2 Å². The molecule has 1 saturated heterocycles. The quantitative estimate of drug-likeness (QED) is 0.860. The molecule has 5 heteroatoms. The summed E-state index contributed by atoms with van der Waals surface area (Å²) in [5, 5.41) is 4.38. The minimum Gasteiger partial charge on any atom is -0.397 e. The third-order valence-corrected chi connectivity index (χ3v) is 4.27. The van der Waals surface area contributed by atoms with Crippen molar-refractivity contribution in [2.75, 3.05) is 18.8 Å². The van der Waals surface area contributed by atoms with Gasteiger partial charge in [-0.25, -0.2) is 4.68 Å². The fraction of sp³-hybridized carbons (Fsp3) is 0.375. The number of carbonyl (C=O) groups is 1. The molecule has 1 aromatic heterocycles. The minimum absolute atomic E-state index is 0.000507. The van der Waals surface area contributed by atoms with E-state index in [2.05, 4.69) is 18.9 Å². The van der Waals surface area contributed by atoms with Crippen molar-refractivity contribution in [3.63, 3.8) is 0 Å². The van der Waals surface area contributed by atoms with Gasteiger partial charge in [-0.1, -0.05) is 26.0 Å². The molecule has 1 fully saturated rings. The highest BCUT2D eigenvalue weighted by Crippen LogP contribution is 2.23. The Morgan fingerprint density at radius 2 is 1.86 bits per heavy atom. The van der Waals surface area contributed by atoms with Crippen LogP contribution in [0, 0.1) is 11.8 Å². The third-order valence-electron chi connectivity index (χ3n) is 4.27. The second-order valence-electron chi connectivity index (χ2n) is 5.87. The summed E-state index contributed by atoms with van der Waals surface area (Å²) in [7, 11) is 0. The second-order valence-corrected chi connectivity index (χ2v) is 5.87. The Morgan fingerprint density at radius 1 is 1.19 bits per heavy atom. The number of anilines is 1. The van der Waals surface area contributed by atoms with E-state index in [4.69, 9.17) is 5.73 Å². The summed E-state index contributed by atoms with van der Waals surface area (Å²) in [5.41, 5.74) is 7.85. The number of para-hydroxylation sites is 2. The monoisotopic (exact) mass is 284 g/mol. The van der Waals surface area contributed by atoms with E-state index in [9.17, 15) is 4.79 Å². The zero-order valence-electron chi connectivity index (χ0n) is 12.4. The Bertz CT molecular complexity index is 654. The van der Waals surface area contributed by atoms with Crippen LogP contribution in [0.25, 0.3) is 5.69 Å². The van der Waals surface area contributed by atoms with Crippen molar-refractivity contribution < 1.29 is 4.79 Å². The van der Waals surface area contributed by atoms with E-state index in [-0.39, 0.29) is 5.91 Å². The molecule has 1 aromatic carbocycles. The number of rotatable bonds is 2. The average Bonchev–Trinajstić information content (AvgIpc) is 3.07. The molecule has 2 unspecified atom stereocenters. The molecule has 1 aliphatic heterocycles. The topological polar surface area (TPSA) is 64.2 Å². The molecule has 2 heterocycles. The van der Waals surface area contributed by atoms with Crippen molar-refractivity contribution >= 4 is 11.6 Å². The average molecular weight is 284 g/mol. The van der Waals surface area contributed by atoms with Crippen molar-refractivity contribution in [2.45, 2.75) is 13.8 Å². The first-order valence-electron chi connectivity index (χ1n) is 7.26. The van der Waals surface area contributed by atoms with E-state index in [0.29, 0.717) is 23.2 Å². The lowest BCUT2D eigenvalue weighted by Gasteiger charge is -2.14. The highest BCUT2D eigenvalue weighted by Gasteiger charge is 2.30. The summed E-state index contributed by atoms with van der Waals surface area (Å²) in [4.78, 5) is 14.4. The molecule has 0 bridgehead atoms. The normalized spacial score (nSPS) is 21.7. The first-order chi connectivity index (χ1) is 10.1. The predicted octanol–water partition coefficient (Wildman–Crippen LogP) is 2.18. The Hall–Kier alpha value is -2.30. The van der Waals surface area contributed by atoms with Gasteiger partial charge in [-0.2, -0.15) is 5.10 Å². The molecule has 2 N–H and O–H groups in total.